The summed E-state index contributed by atoms with van der Waals surface area (Å²) in [4.78, 5) is 0. The van der Waals surface area contributed by atoms with Gasteiger partial charge in [-0.05, 0) is 19.0 Å². The van der Waals surface area contributed by atoms with E-state index in [0.717, 1.165) is 37.2 Å². The van der Waals surface area contributed by atoms with Gasteiger partial charge in [0.25, 0.3) is 0 Å². The Morgan fingerprint density at radius 1 is 1.30 bits per heavy atom. The van der Waals surface area contributed by atoms with E-state index in [0.29, 0.717) is 18.4 Å². The lowest BCUT2D eigenvalue weighted by atomic mass is 9.93. The van der Waals surface area contributed by atoms with Gasteiger partial charge in [0.1, 0.15) is 5.75 Å². The largest absolute Gasteiger partial charge is 0.493 e. The van der Waals surface area contributed by atoms with Crippen LogP contribution >= 0.6 is 0 Å². The van der Waals surface area contributed by atoms with Gasteiger partial charge in [0.15, 0.2) is 0 Å². The van der Waals surface area contributed by atoms with E-state index in [9.17, 15) is 0 Å². The molecule has 2 heterocycles. The van der Waals surface area contributed by atoms with Crippen LogP contribution in [0.25, 0.3) is 0 Å². The van der Waals surface area contributed by atoms with Crippen LogP contribution in [-0.2, 0) is 6.42 Å². The monoisotopic (exact) mass is 273 g/mol. The van der Waals surface area contributed by atoms with Crippen LogP contribution < -0.4 is 10.1 Å². The van der Waals surface area contributed by atoms with E-state index in [1.807, 2.05) is 18.2 Å². The molecule has 5 nitrogen and oxygen atoms in total. The number of aromatic nitrogens is 2. The molecule has 0 fully saturated rings. The van der Waals surface area contributed by atoms with Crippen molar-refractivity contribution in [3.63, 3.8) is 0 Å². The molecule has 5 heteroatoms. The Labute approximate surface area is 118 Å². The Morgan fingerprint density at radius 3 is 3.10 bits per heavy atom. The summed E-state index contributed by atoms with van der Waals surface area (Å²) in [5.41, 5.74) is 1.14. The fraction of sp³-hybridized carbons (Fsp3) is 0.467. The van der Waals surface area contributed by atoms with Gasteiger partial charge in [-0.2, -0.15) is 0 Å². The third-order valence-corrected chi connectivity index (χ3v) is 3.50. The fourth-order valence-electron chi connectivity index (χ4n) is 2.48. The molecular weight excluding hydrogens is 254 g/mol. The highest BCUT2D eigenvalue weighted by Crippen LogP contribution is 2.37. The highest BCUT2D eigenvalue weighted by Gasteiger charge is 2.27. The first-order chi connectivity index (χ1) is 9.88. The molecule has 0 saturated heterocycles. The molecule has 1 aliphatic rings. The number of benzene rings is 1. The van der Waals surface area contributed by atoms with Crippen LogP contribution in [0.1, 0.15) is 36.6 Å². The molecule has 0 bridgehead atoms. The van der Waals surface area contributed by atoms with Crippen molar-refractivity contribution in [3.05, 3.63) is 41.6 Å². The first-order valence-electron chi connectivity index (χ1n) is 7.13. The molecule has 0 radical (unpaired) electrons. The first kappa shape index (κ1) is 13.1. The summed E-state index contributed by atoms with van der Waals surface area (Å²) in [7, 11) is 0. The van der Waals surface area contributed by atoms with Crippen LogP contribution in [0.2, 0.25) is 0 Å². The van der Waals surface area contributed by atoms with Gasteiger partial charge < -0.3 is 14.5 Å². The second kappa shape index (κ2) is 6.05. The number of nitrogens with one attached hydrogen (secondary N) is 1. The number of likely N-dealkylation sites (N-methyl/N-ethyl adjacent to an activating group) is 1. The molecule has 0 aliphatic carbocycles. The van der Waals surface area contributed by atoms with Crippen molar-refractivity contribution >= 4 is 0 Å². The van der Waals surface area contributed by atoms with E-state index < -0.39 is 0 Å². The molecular formula is C15H19N3O2. The van der Waals surface area contributed by atoms with Gasteiger partial charge in [-0.1, -0.05) is 25.1 Å². The van der Waals surface area contributed by atoms with Crippen molar-refractivity contribution in [3.8, 4) is 5.75 Å². The van der Waals surface area contributed by atoms with E-state index in [1.165, 1.54) is 0 Å². The molecule has 20 heavy (non-hydrogen) atoms. The molecule has 1 aromatic carbocycles. The maximum atomic E-state index is 5.81. The summed E-state index contributed by atoms with van der Waals surface area (Å²) in [5.74, 6) is 2.48. The molecule has 1 unspecified atom stereocenters. The third-order valence-electron chi connectivity index (χ3n) is 3.50. The van der Waals surface area contributed by atoms with Crippen LogP contribution in [0.4, 0.5) is 0 Å². The number of hydrogen-bond acceptors (Lipinski definition) is 5. The predicted molar refractivity (Wildman–Crippen MR) is 74.9 cm³/mol. The maximum Gasteiger partial charge on any atom is 0.224 e. The lowest BCUT2D eigenvalue weighted by molar-refractivity contribution is 0.263. The molecule has 0 amide bonds. The average molecular weight is 273 g/mol. The summed E-state index contributed by atoms with van der Waals surface area (Å²) in [6, 6.07) is 8.06. The highest BCUT2D eigenvalue weighted by molar-refractivity contribution is 5.40. The summed E-state index contributed by atoms with van der Waals surface area (Å²) in [5, 5.41) is 11.6. The van der Waals surface area contributed by atoms with E-state index in [2.05, 4.69) is 28.5 Å². The van der Waals surface area contributed by atoms with Crippen LogP contribution in [0, 0.1) is 0 Å². The van der Waals surface area contributed by atoms with Gasteiger partial charge in [-0.3, -0.25) is 0 Å². The molecule has 1 atom stereocenters. The summed E-state index contributed by atoms with van der Waals surface area (Å²) in [6.45, 7) is 4.59. The molecule has 0 saturated carbocycles. The van der Waals surface area contributed by atoms with E-state index in [1.54, 1.807) is 0 Å². The van der Waals surface area contributed by atoms with E-state index >= 15 is 0 Å². The Hall–Kier alpha value is -1.88. The van der Waals surface area contributed by atoms with Gasteiger partial charge in [0.2, 0.25) is 11.8 Å². The van der Waals surface area contributed by atoms with Gasteiger partial charge >= 0.3 is 0 Å². The lowest BCUT2D eigenvalue weighted by Gasteiger charge is -2.23. The number of nitrogens with zero attached hydrogens (tertiary/aromatic N) is 2. The Kier molecular flexibility index (Phi) is 3.97. The van der Waals surface area contributed by atoms with Crippen LogP contribution in [0.3, 0.4) is 0 Å². The zero-order valence-corrected chi connectivity index (χ0v) is 11.6. The fourth-order valence-corrected chi connectivity index (χ4v) is 2.48. The van der Waals surface area contributed by atoms with E-state index in [4.69, 9.17) is 9.15 Å². The molecule has 1 aromatic heterocycles. The predicted octanol–water partition coefficient (Wildman–Crippen LogP) is 2.14. The second-order valence-corrected chi connectivity index (χ2v) is 4.87. The molecule has 1 N–H and O–H groups in total. The topological polar surface area (TPSA) is 60.2 Å². The SMILES string of the molecule is CCNCCc1nnc(C2CCOc3ccccc32)o1. The Morgan fingerprint density at radius 2 is 2.20 bits per heavy atom. The Bertz CT molecular complexity index is 568. The highest BCUT2D eigenvalue weighted by atomic mass is 16.5. The van der Waals surface area contributed by atoms with Crippen LogP contribution in [0.5, 0.6) is 5.75 Å². The average Bonchev–Trinajstić information content (AvgIpc) is 2.96. The number of para-hydroxylation sites is 1. The minimum absolute atomic E-state index is 0.153. The zero-order valence-electron chi connectivity index (χ0n) is 11.6. The molecule has 2 aromatic rings. The second-order valence-electron chi connectivity index (χ2n) is 4.87. The van der Waals surface area contributed by atoms with Crippen molar-refractivity contribution in [2.75, 3.05) is 19.7 Å². The molecule has 3 rings (SSSR count). The standard InChI is InChI=1S/C15H19N3O2/c1-2-16-9-7-14-17-18-15(20-14)12-8-10-19-13-6-4-3-5-11(12)13/h3-6,12,16H,2,7-10H2,1H3. The van der Waals surface area contributed by atoms with Crippen molar-refractivity contribution in [1.82, 2.24) is 15.5 Å². The molecule has 1 aliphatic heterocycles. The maximum absolute atomic E-state index is 5.81. The van der Waals surface area contributed by atoms with Gasteiger partial charge in [0, 0.05) is 18.5 Å². The van der Waals surface area contributed by atoms with Gasteiger partial charge in [0.05, 0.1) is 12.5 Å². The van der Waals surface area contributed by atoms with Crippen LogP contribution in [-0.4, -0.2) is 29.9 Å². The number of ether oxygens (including phenoxy) is 1. The minimum atomic E-state index is 0.153. The normalized spacial score (nSPS) is 17.6. The number of rotatable bonds is 5. The van der Waals surface area contributed by atoms with Crippen molar-refractivity contribution < 1.29 is 9.15 Å². The van der Waals surface area contributed by atoms with E-state index in [-0.39, 0.29) is 5.92 Å². The van der Waals surface area contributed by atoms with Crippen molar-refractivity contribution in [2.45, 2.75) is 25.7 Å². The van der Waals surface area contributed by atoms with Crippen LogP contribution in [0.15, 0.2) is 28.7 Å². The summed E-state index contributed by atoms with van der Waals surface area (Å²) < 4.78 is 11.5. The van der Waals surface area contributed by atoms with Gasteiger partial charge in [-0.15, -0.1) is 10.2 Å². The lowest BCUT2D eigenvalue weighted by Crippen LogP contribution is -2.16. The molecule has 0 spiro atoms. The zero-order chi connectivity index (χ0) is 13.8. The molecule has 106 valence electrons. The summed E-state index contributed by atoms with van der Waals surface area (Å²) in [6.07, 6.45) is 1.65. The number of fused-ring (bicyclic) bond motifs is 1. The minimum Gasteiger partial charge on any atom is -0.493 e. The third kappa shape index (κ3) is 2.67. The summed E-state index contributed by atoms with van der Waals surface area (Å²) >= 11 is 0. The smallest absolute Gasteiger partial charge is 0.224 e. The van der Waals surface area contributed by atoms with Gasteiger partial charge in [-0.25, -0.2) is 0 Å². The van der Waals surface area contributed by atoms with Crippen molar-refractivity contribution in [1.29, 1.82) is 0 Å². The first-order valence-corrected chi connectivity index (χ1v) is 7.13. The van der Waals surface area contributed by atoms with Crippen molar-refractivity contribution in [2.24, 2.45) is 0 Å². The quantitative estimate of drug-likeness (QED) is 0.846. The Balaban J connectivity index is 1.77. The number of hydrogen-bond donors (Lipinski definition) is 1.